The number of hydrogen-bond donors (Lipinski definition) is 2. The van der Waals surface area contributed by atoms with E-state index in [2.05, 4.69) is 15.2 Å². The first-order valence-electron chi connectivity index (χ1n) is 4.19. The van der Waals surface area contributed by atoms with Gasteiger partial charge in [-0.1, -0.05) is 11.8 Å². The minimum Gasteiger partial charge on any atom is -0.377 e. The Balaban J connectivity index is 2.63. The molecule has 7 heteroatoms. The first kappa shape index (κ1) is 10.8. The van der Waals surface area contributed by atoms with Crippen LogP contribution >= 0.6 is 11.8 Å². The van der Waals surface area contributed by atoms with Gasteiger partial charge in [0, 0.05) is 6.04 Å². The Bertz CT molecular complexity index is 318. The molecule has 0 spiro atoms. The van der Waals surface area contributed by atoms with E-state index in [-0.39, 0.29) is 0 Å². The van der Waals surface area contributed by atoms with Crippen molar-refractivity contribution in [2.24, 2.45) is 16.7 Å². The van der Waals surface area contributed by atoms with Crippen molar-refractivity contribution >= 4 is 16.9 Å². The van der Waals surface area contributed by atoms with Crippen molar-refractivity contribution < 1.29 is 0 Å². The molecule has 0 aliphatic rings. The average Bonchev–Trinajstić information content (AvgIpc) is 2.62. The third-order valence-electron chi connectivity index (χ3n) is 1.61. The summed E-state index contributed by atoms with van der Waals surface area (Å²) < 4.78 is 1.84. The minimum atomic E-state index is 0.295. The molecule has 0 saturated carbocycles. The van der Waals surface area contributed by atoms with Crippen LogP contribution in [0.3, 0.4) is 0 Å². The third-order valence-corrected chi connectivity index (χ3v) is 2.42. The average molecular weight is 214 g/mol. The van der Waals surface area contributed by atoms with Crippen molar-refractivity contribution in [2.75, 3.05) is 0 Å². The van der Waals surface area contributed by atoms with Gasteiger partial charge in [-0.15, -0.1) is 0 Å². The molecule has 0 unspecified atom stereocenters. The van der Waals surface area contributed by atoms with E-state index in [1.54, 1.807) is 0 Å². The zero-order valence-corrected chi connectivity index (χ0v) is 9.03. The molecule has 14 heavy (non-hydrogen) atoms. The highest BCUT2D eigenvalue weighted by molar-refractivity contribution is 8.13. The summed E-state index contributed by atoms with van der Waals surface area (Å²) in [6.07, 6.45) is 1.53. The number of nitrogens with two attached hydrogens (primary N) is 2. The lowest BCUT2D eigenvalue weighted by Crippen LogP contribution is -2.12. The van der Waals surface area contributed by atoms with Gasteiger partial charge in [0.25, 0.3) is 0 Å². The summed E-state index contributed by atoms with van der Waals surface area (Å²) in [6, 6.07) is 0.295. The molecule has 0 fully saturated rings. The number of nitrogens with zero attached hydrogens (tertiary/aromatic N) is 4. The number of aromatic nitrogens is 3. The van der Waals surface area contributed by atoms with Gasteiger partial charge >= 0.3 is 0 Å². The van der Waals surface area contributed by atoms with Crippen LogP contribution in [-0.4, -0.2) is 19.9 Å². The predicted molar refractivity (Wildman–Crippen MR) is 57.5 cm³/mol. The van der Waals surface area contributed by atoms with Crippen LogP contribution in [0.2, 0.25) is 0 Å². The second kappa shape index (κ2) is 4.85. The van der Waals surface area contributed by atoms with E-state index in [4.69, 9.17) is 11.6 Å². The van der Waals surface area contributed by atoms with Gasteiger partial charge in [0.15, 0.2) is 5.17 Å². The second-order valence-corrected chi connectivity index (χ2v) is 3.97. The number of hydrogen-bond acceptors (Lipinski definition) is 5. The molecular weight excluding hydrogens is 200 g/mol. The van der Waals surface area contributed by atoms with Crippen LogP contribution in [-0.2, 0) is 5.75 Å². The molecule has 4 N–H and O–H groups in total. The standard InChI is InChI=1S/C7H14N6S/c1-5(2)13-6(10-4-11-13)3-14-7(8)12-9/h4-5H,3,9H2,1-2H3,(H2,8,12). The van der Waals surface area contributed by atoms with Crippen LogP contribution in [0, 0.1) is 0 Å². The smallest absolute Gasteiger partial charge is 0.177 e. The van der Waals surface area contributed by atoms with Crippen LogP contribution in [0.1, 0.15) is 25.7 Å². The summed E-state index contributed by atoms with van der Waals surface area (Å²) in [4.78, 5) is 4.12. The first-order chi connectivity index (χ1) is 6.65. The summed E-state index contributed by atoms with van der Waals surface area (Å²) >= 11 is 1.35. The van der Waals surface area contributed by atoms with Crippen molar-refractivity contribution in [1.29, 1.82) is 0 Å². The van der Waals surface area contributed by atoms with E-state index in [9.17, 15) is 0 Å². The van der Waals surface area contributed by atoms with Crippen molar-refractivity contribution in [3.8, 4) is 0 Å². The zero-order chi connectivity index (χ0) is 10.6. The highest BCUT2D eigenvalue weighted by Crippen LogP contribution is 2.12. The number of rotatable bonds is 3. The fourth-order valence-electron chi connectivity index (χ4n) is 0.984. The van der Waals surface area contributed by atoms with Gasteiger partial charge < -0.3 is 11.6 Å². The number of amidine groups is 1. The molecule has 0 amide bonds. The maximum atomic E-state index is 5.45. The molecule has 1 heterocycles. The molecule has 6 nitrogen and oxygen atoms in total. The molecule has 1 aromatic rings. The fraction of sp³-hybridized carbons (Fsp3) is 0.571. The van der Waals surface area contributed by atoms with Crippen LogP contribution in [0.25, 0.3) is 0 Å². The lowest BCUT2D eigenvalue weighted by molar-refractivity contribution is 0.515. The maximum absolute atomic E-state index is 5.45. The molecule has 0 bridgehead atoms. The van der Waals surface area contributed by atoms with Gasteiger partial charge in [0.05, 0.1) is 5.75 Å². The summed E-state index contributed by atoms with van der Waals surface area (Å²) in [7, 11) is 0. The molecule has 0 atom stereocenters. The van der Waals surface area contributed by atoms with Gasteiger partial charge in [-0.05, 0) is 13.8 Å². The molecule has 0 radical (unpaired) electrons. The summed E-state index contributed by atoms with van der Waals surface area (Å²) in [5.41, 5.74) is 5.45. The SMILES string of the molecule is CC(C)n1ncnc1CSC(N)=NN. The summed E-state index contributed by atoms with van der Waals surface area (Å²) in [6.45, 7) is 4.09. The van der Waals surface area contributed by atoms with E-state index in [1.807, 2.05) is 18.5 Å². The lowest BCUT2D eigenvalue weighted by atomic mass is 10.4. The van der Waals surface area contributed by atoms with E-state index in [0.717, 1.165) is 5.82 Å². The van der Waals surface area contributed by atoms with Crippen molar-refractivity contribution in [1.82, 2.24) is 14.8 Å². The predicted octanol–water partition coefficient (Wildman–Crippen LogP) is 0.281. The Kier molecular flexibility index (Phi) is 3.75. The van der Waals surface area contributed by atoms with E-state index < -0.39 is 0 Å². The van der Waals surface area contributed by atoms with Crippen LogP contribution < -0.4 is 11.6 Å². The Labute approximate surface area is 86.8 Å². The van der Waals surface area contributed by atoms with E-state index in [0.29, 0.717) is 17.0 Å². The quantitative estimate of drug-likeness (QED) is 0.326. The topological polar surface area (TPSA) is 95.1 Å². The summed E-state index contributed by atoms with van der Waals surface area (Å²) in [5, 5.41) is 7.81. The molecule has 1 aromatic heterocycles. The Morgan fingerprint density at radius 1 is 1.71 bits per heavy atom. The Morgan fingerprint density at radius 2 is 2.43 bits per heavy atom. The number of hydrazone groups is 1. The molecule has 0 saturated heterocycles. The Hall–Kier alpha value is -1.24. The van der Waals surface area contributed by atoms with Crippen LogP contribution in [0.4, 0.5) is 0 Å². The maximum Gasteiger partial charge on any atom is 0.177 e. The molecule has 0 aliphatic carbocycles. The van der Waals surface area contributed by atoms with Gasteiger partial charge in [0.2, 0.25) is 0 Å². The third kappa shape index (κ3) is 2.63. The monoisotopic (exact) mass is 214 g/mol. The van der Waals surface area contributed by atoms with Gasteiger partial charge in [-0.25, -0.2) is 9.67 Å². The Morgan fingerprint density at radius 3 is 3.00 bits per heavy atom. The molecule has 1 rings (SSSR count). The van der Waals surface area contributed by atoms with Crippen LogP contribution in [0.15, 0.2) is 11.4 Å². The summed E-state index contributed by atoms with van der Waals surface area (Å²) in [5.74, 6) is 6.51. The van der Waals surface area contributed by atoms with Gasteiger partial charge in [-0.3, -0.25) is 0 Å². The highest BCUT2D eigenvalue weighted by Gasteiger charge is 2.07. The molecule has 0 aliphatic heterocycles. The molecule has 78 valence electrons. The first-order valence-corrected chi connectivity index (χ1v) is 5.18. The number of thioether (sulfide) groups is 1. The van der Waals surface area contributed by atoms with Crippen molar-refractivity contribution in [2.45, 2.75) is 25.6 Å². The lowest BCUT2D eigenvalue weighted by Gasteiger charge is -2.08. The fourth-order valence-corrected chi connectivity index (χ4v) is 1.54. The zero-order valence-electron chi connectivity index (χ0n) is 8.21. The van der Waals surface area contributed by atoms with Crippen LogP contribution in [0.5, 0.6) is 0 Å². The van der Waals surface area contributed by atoms with Crippen molar-refractivity contribution in [3.05, 3.63) is 12.2 Å². The molecular formula is C7H14N6S. The van der Waals surface area contributed by atoms with Gasteiger partial charge in [0.1, 0.15) is 12.2 Å². The largest absolute Gasteiger partial charge is 0.377 e. The van der Waals surface area contributed by atoms with Crippen molar-refractivity contribution in [3.63, 3.8) is 0 Å². The normalized spacial score (nSPS) is 12.4. The van der Waals surface area contributed by atoms with E-state index >= 15 is 0 Å². The second-order valence-electron chi connectivity index (χ2n) is 2.97. The molecule has 0 aromatic carbocycles. The minimum absolute atomic E-state index is 0.295. The highest BCUT2D eigenvalue weighted by atomic mass is 32.2. The van der Waals surface area contributed by atoms with Gasteiger partial charge in [-0.2, -0.15) is 10.2 Å². The van der Waals surface area contributed by atoms with E-state index in [1.165, 1.54) is 18.1 Å².